The first-order valence-corrected chi connectivity index (χ1v) is 9.45. The molecule has 2 aromatic rings. The Hall–Kier alpha value is -2.91. The lowest BCUT2D eigenvalue weighted by Crippen LogP contribution is -2.32. The number of benzene rings is 2. The standard InChI is InChI=1S/C18H20N2O6S/c1-13-7-9-14(10-8-13)27(23,24)19-11-18(22)26-12-17(21)20-15-5-3-4-6-16(15)25-2/h3-10,19H,11-12H2,1-2H3,(H,20,21). The van der Waals surface area contributed by atoms with Gasteiger partial charge in [0.2, 0.25) is 10.0 Å². The zero-order valence-electron chi connectivity index (χ0n) is 14.9. The summed E-state index contributed by atoms with van der Waals surface area (Å²) in [4.78, 5) is 23.6. The number of amides is 1. The molecule has 0 spiro atoms. The second-order valence-corrected chi connectivity index (χ2v) is 7.31. The number of anilines is 1. The predicted molar refractivity (Wildman–Crippen MR) is 99.0 cm³/mol. The Balaban J connectivity index is 1.82. The number of sulfonamides is 1. The van der Waals surface area contributed by atoms with E-state index in [0.29, 0.717) is 11.4 Å². The van der Waals surface area contributed by atoms with E-state index in [1.54, 1.807) is 36.4 Å². The summed E-state index contributed by atoms with van der Waals surface area (Å²) in [6.07, 6.45) is 0. The number of methoxy groups -OCH3 is 1. The van der Waals surface area contributed by atoms with Crippen molar-refractivity contribution in [1.82, 2.24) is 4.72 Å². The van der Waals surface area contributed by atoms with Crippen molar-refractivity contribution in [1.29, 1.82) is 0 Å². The minimum atomic E-state index is -3.84. The van der Waals surface area contributed by atoms with Gasteiger partial charge in [-0.1, -0.05) is 29.8 Å². The van der Waals surface area contributed by atoms with Crippen LogP contribution in [-0.4, -0.2) is 40.6 Å². The van der Waals surface area contributed by atoms with Crippen LogP contribution in [0.15, 0.2) is 53.4 Å². The summed E-state index contributed by atoms with van der Waals surface area (Å²) in [7, 11) is -2.37. The van der Waals surface area contributed by atoms with Gasteiger partial charge in [-0.3, -0.25) is 9.59 Å². The fourth-order valence-corrected chi connectivity index (χ4v) is 3.05. The van der Waals surface area contributed by atoms with Crippen LogP contribution < -0.4 is 14.8 Å². The van der Waals surface area contributed by atoms with E-state index < -0.39 is 35.1 Å². The molecule has 0 fully saturated rings. The Morgan fingerprint density at radius 2 is 1.70 bits per heavy atom. The summed E-state index contributed by atoms with van der Waals surface area (Å²) in [5.41, 5.74) is 1.34. The Bertz CT molecular complexity index is 910. The zero-order valence-corrected chi connectivity index (χ0v) is 15.7. The molecular formula is C18H20N2O6S. The molecule has 27 heavy (non-hydrogen) atoms. The molecule has 2 N–H and O–H groups in total. The maximum atomic E-state index is 12.1. The molecule has 0 saturated carbocycles. The number of esters is 1. The van der Waals surface area contributed by atoms with E-state index in [4.69, 9.17) is 9.47 Å². The molecule has 0 radical (unpaired) electrons. The number of hydrogen-bond acceptors (Lipinski definition) is 6. The highest BCUT2D eigenvalue weighted by Crippen LogP contribution is 2.22. The van der Waals surface area contributed by atoms with E-state index in [1.165, 1.54) is 19.2 Å². The molecule has 0 heterocycles. The van der Waals surface area contributed by atoms with Gasteiger partial charge in [-0.05, 0) is 31.2 Å². The molecule has 2 aromatic carbocycles. The van der Waals surface area contributed by atoms with Crippen LogP contribution in [0.3, 0.4) is 0 Å². The number of rotatable bonds is 8. The smallest absolute Gasteiger partial charge is 0.321 e. The van der Waals surface area contributed by atoms with Crippen molar-refractivity contribution in [3.05, 3.63) is 54.1 Å². The van der Waals surface area contributed by atoms with Crippen LogP contribution in [0.25, 0.3) is 0 Å². The van der Waals surface area contributed by atoms with Crippen molar-refractivity contribution in [2.24, 2.45) is 0 Å². The molecule has 0 aromatic heterocycles. The van der Waals surface area contributed by atoms with E-state index in [0.717, 1.165) is 5.56 Å². The largest absolute Gasteiger partial charge is 0.495 e. The second kappa shape index (κ2) is 9.15. The fourth-order valence-electron chi connectivity index (χ4n) is 2.09. The van der Waals surface area contributed by atoms with Gasteiger partial charge in [0.05, 0.1) is 17.7 Å². The molecular weight excluding hydrogens is 372 g/mol. The van der Waals surface area contributed by atoms with Gasteiger partial charge in [0.25, 0.3) is 5.91 Å². The lowest BCUT2D eigenvalue weighted by atomic mass is 10.2. The Morgan fingerprint density at radius 1 is 1.04 bits per heavy atom. The highest BCUT2D eigenvalue weighted by molar-refractivity contribution is 7.89. The van der Waals surface area contributed by atoms with E-state index in [2.05, 4.69) is 10.0 Å². The average Bonchev–Trinajstić information content (AvgIpc) is 2.65. The molecule has 0 unspecified atom stereocenters. The quantitative estimate of drug-likeness (QED) is 0.658. The fraction of sp³-hybridized carbons (Fsp3) is 0.222. The molecule has 1 amide bonds. The van der Waals surface area contributed by atoms with E-state index in [-0.39, 0.29) is 4.90 Å². The molecule has 144 valence electrons. The van der Waals surface area contributed by atoms with E-state index in [9.17, 15) is 18.0 Å². The van der Waals surface area contributed by atoms with Crippen molar-refractivity contribution in [3.8, 4) is 5.75 Å². The Kier molecular flexibility index (Phi) is 6.91. The van der Waals surface area contributed by atoms with Crippen molar-refractivity contribution in [2.45, 2.75) is 11.8 Å². The minimum Gasteiger partial charge on any atom is -0.495 e. The lowest BCUT2D eigenvalue weighted by Gasteiger charge is -2.10. The van der Waals surface area contributed by atoms with Gasteiger partial charge in [0.1, 0.15) is 12.3 Å². The minimum absolute atomic E-state index is 0.0369. The second-order valence-electron chi connectivity index (χ2n) is 5.55. The van der Waals surface area contributed by atoms with Gasteiger partial charge in [0, 0.05) is 0 Å². The number of ether oxygens (including phenoxy) is 2. The zero-order chi connectivity index (χ0) is 19.9. The summed E-state index contributed by atoms with van der Waals surface area (Å²) in [6.45, 7) is 0.693. The number of carbonyl (C=O) groups excluding carboxylic acids is 2. The highest BCUT2D eigenvalue weighted by Gasteiger charge is 2.16. The third-order valence-electron chi connectivity index (χ3n) is 3.48. The van der Waals surface area contributed by atoms with Crippen LogP contribution in [0.5, 0.6) is 5.75 Å². The van der Waals surface area contributed by atoms with E-state index in [1.807, 2.05) is 6.92 Å². The van der Waals surface area contributed by atoms with Crippen LogP contribution in [-0.2, 0) is 24.3 Å². The molecule has 2 rings (SSSR count). The first-order valence-electron chi connectivity index (χ1n) is 7.96. The summed E-state index contributed by atoms with van der Waals surface area (Å²) < 4.78 is 36.2. The van der Waals surface area contributed by atoms with Crippen LogP contribution >= 0.6 is 0 Å². The highest BCUT2D eigenvalue weighted by atomic mass is 32.2. The first-order chi connectivity index (χ1) is 12.8. The number of aryl methyl sites for hydroxylation is 1. The maximum Gasteiger partial charge on any atom is 0.321 e. The maximum absolute atomic E-state index is 12.1. The molecule has 9 heteroatoms. The number of nitrogens with one attached hydrogen (secondary N) is 2. The summed E-state index contributed by atoms with van der Waals surface area (Å²) in [5, 5.41) is 2.54. The topological polar surface area (TPSA) is 111 Å². The van der Waals surface area contributed by atoms with Crippen molar-refractivity contribution < 1.29 is 27.5 Å². The molecule has 0 bridgehead atoms. The number of para-hydroxylation sites is 2. The lowest BCUT2D eigenvalue weighted by molar-refractivity contribution is -0.146. The SMILES string of the molecule is COc1ccccc1NC(=O)COC(=O)CNS(=O)(=O)c1ccc(C)cc1. The summed E-state index contributed by atoms with van der Waals surface area (Å²) >= 11 is 0. The van der Waals surface area contributed by atoms with Crippen LogP contribution in [0.1, 0.15) is 5.56 Å². The average molecular weight is 392 g/mol. The third-order valence-corrected chi connectivity index (χ3v) is 4.90. The Labute approximate surface area is 157 Å². The summed E-state index contributed by atoms with van der Waals surface area (Å²) in [6, 6.07) is 12.9. The first kappa shape index (κ1) is 20.4. The van der Waals surface area contributed by atoms with Crippen molar-refractivity contribution in [3.63, 3.8) is 0 Å². The molecule has 8 nitrogen and oxygen atoms in total. The van der Waals surface area contributed by atoms with Crippen molar-refractivity contribution >= 4 is 27.6 Å². The number of hydrogen-bond donors (Lipinski definition) is 2. The van der Waals surface area contributed by atoms with Gasteiger partial charge in [0.15, 0.2) is 6.61 Å². The molecule has 0 aliphatic carbocycles. The van der Waals surface area contributed by atoms with Gasteiger partial charge >= 0.3 is 5.97 Å². The normalized spacial score (nSPS) is 10.9. The molecule has 0 saturated heterocycles. The predicted octanol–water partition coefficient (Wildman–Crippen LogP) is 1.46. The van der Waals surface area contributed by atoms with Gasteiger partial charge in [-0.15, -0.1) is 0 Å². The van der Waals surface area contributed by atoms with Crippen LogP contribution in [0.4, 0.5) is 5.69 Å². The van der Waals surface area contributed by atoms with Gasteiger partial charge < -0.3 is 14.8 Å². The summed E-state index contributed by atoms with van der Waals surface area (Å²) in [5.74, 6) is -0.988. The van der Waals surface area contributed by atoms with Crippen molar-refractivity contribution in [2.75, 3.05) is 25.6 Å². The molecule has 0 atom stereocenters. The molecule has 0 aliphatic heterocycles. The monoisotopic (exact) mass is 392 g/mol. The van der Waals surface area contributed by atoms with E-state index >= 15 is 0 Å². The van der Waals surface area contributed by atoms with Crippen LogP contribution in [0.2, 0.25) is 0 Å². The van der Waals surface area contributed by atoms with Gasteiger partial charge in [-0.25, -0.2) is 8.42 Å². The third kappa shape index (κ3) is 6.08. The van der Waals surface area contributed by atoms with Gasteiger partial charge in [-0.2, -0.15) is 4.72 Å². The molecule has 0 aliphatic rings. The number of carbonyl (C=O) groups is 2. The Morgan fingerprint density at radius 3 is 2.37 bits per heavy atom. The van der Waals surface area contributed by atoms with Crippen LogP contribution in [0, 0.1) is 6.92 Å².